The van der Waals surface area contributed by atoms with Crippen LogP contribution in [0.15, 0.2) is 36.7 Å². The summed E-state index contributed by atoms with van der Waals surface area (Å²) >= 11 is 0. The van der Waals surface area contributed by atoms with Crippen LogP contribution in [-0.2, 0) is 0 Å². The van der Waals surface area contributed by atoms with Gasteiger partial charge in [0.05, 0.1) is 5.52 Å². The Morgan fingerprint density at radius 3 is 2.15 bits per heavy atom. The molecule has 2 heteroatoms. The summed E-state index contributed by atoms with van der Waals surface area (Å²) in [5.41, 5.74) is 8.58. The lowest BCUT2D eigenvalue weighted by Crippen LogP contribution is -1.96. The number of aromatic nitrogens is 2. The second-order valence-electron chi connectivity index (χ2n) is 5.32. The van der Waals surface area contributed by atoms with Crippen molar-refractivity contribution in [1.29, 1.82) is 0 Å². The molecule has 0 aliphatic rings. The monoisotopic (exact) mass is 262 g/mol. The van der Waals surface area contributed by atoms with Crippen molar-refractivity contribution >= 4 is 10.9 Å². The van der Waals surface area contributed by atoms with Gasteiger partial charge in [-0.1, -0.05) is 6.07 Å². The Morgan fingerprint density at radius 1 is 0.750 bits per heavy atom. The van der Waals surface area contributed by atoms with Gasteiger partial charge in [0.2, 0.25) is 0 Å². The van der Waals surface area contributed by atoms with E-state index in [-0.39, 0.29) is 0 Å². The number of aryl methyl sites for hydroxylation is 3. The maximum atomic E-state index is 4.72. The van der Waals surface area contributed by atoms with Crippen LogP contribution >= 0.6 is 0 Å². The molecule has 0 unspecified atom stereocenters. The number of benzene rings is 1. The summed E-state index contributed by atoms with van der Waals surface area (Å²) < 4.78 is 0. The molecule has 0 atom stereocenters. The third-order valence-electron chi connectivity index (χ3n) is 4.20. The molecule has 0 fully saturated rings. The van der Waals surface area contributed by atoms with Crippen molar-refractivity contribution in [3.05, 3.63) is 59.0 Å². The molecule has 2 nitrogen and oxygen atoms in total. The molecule has 0 radical (unpaired) electrons. The maximum absolute atomic E-state index is 4.72. The summed E-state index contributed by atoms with van der Waals surface area (Å²) in [6, 6.07) is 8.39. The minimum atomic E-state index is 1.08. The predicted molar refractivity (Wildman–Crippen MR) is 83.9 cm³/mol. The Morgan fingerprint density at radius 2 is 1.45 bits per heavy atom. The summed E-state index contributed by atoms with van der Waals surface area (Å²) in [6.07, 6.45) is 3.68. The van der Waals surface area contributed by atoms with Crippen LogP contribution in [-0.4, -0.2) is 9.97 Å². The van der Waals surface area contributed by atoms with Gasteiger partial charge in [-0.3, -0.25) is 9.97 Å². The molecule has 0 aliphatic carbocycles. The molecule has 2 aromatic heterocycles. The van der Waals surface area contributed by atoms with Crippen LogP contribution in [0.2, 0.25) is 0 Å². The molecule has 0 aliphatic heterocycles. The third kappa shape index (κ3) is 1.88. The van der Waals surface area contributed by atoms with E-state index in [1.165, 1.54) is 33.2 Å². The summed E-state index contributed by atoms with van der Waals surface area (Å²) in [4.78, 5) is 8.81. The summed E-state index contributed by atoms with van der Waals surface area (Å²) in [7, 11) is 0. The Balaban J connectivity index is 2.37. The molecule has 0 N–H and O–H groups in total. The average molecular weight is 262 g/mol. The summed E-state index contributed by atoms with van der Waals surface area (Å²) in [6.45, 7) is 8.60. The topological polar surface area (TPSA) is 25.8 Å². The highest BCUT2D eigenvalue weighted by Gasteiger charge is 2.11. The van der Waals surface area contributed by atoms with Gasteiger partial charge in [0, 0.05) is 23.5 Å². The molecular formula is C18H18N2. The first-order valence-corrected chi connectivity index (χ1v) is 6.87. The van der Waals surface area contributed by atoms with Crippen molar-refractivity contribution in [2.75, 3.05) is 0 Å². The van der Waals surface area contributed by atoms with Crippen LogP contribution < -0.4 is 0 Å². The van der Waals surface area contributed by atoms with Crippen LogP contribution in [0.4, 0.5) is 0 Å². The molecule has 0 spiro atoms. The lowest BCUT2D eigenvalue weighted by Gasteiger charge is -2.14. The molecule has 0 bridgehead atoms. The van der Waals surface area contributed by atoms with Crippen LogP contribution in [0.25, 0.3) is 22.0 Å². The fraction of sp³-hybridized carbons (Fsp3) is 0.222. The largest absolute Gasteiger partial charge is 0.265 e. The highest BCUT2D eigenvalue weighted by Crippen LogP contribution is 2.32. The standard InChI is InChI=1S/C18H18N2/c1-11-12(2)18-13(3)16(15-7-9-19-10-8-15)5-6-17(18)20-14(11)4/h5-10H,1-4H3. The molecule has 0 amide bonds. The molecule has 3 rings (SSSR count). The zero-order chi connectivity index (χ0) is 14.3. The van der Waals surface area contributed by atoms with E-state index in [9.17, 15) is 0 Å². The number of rotatable bonds is 1. The van der Waals surface area contributed by atoms with Gasteiger partial charge in [-0.2, -0.15) is 0 Å². The molecule has 0 saturated carbocycles. The van der Waals surface area contributed by atoms with Gasteiger partial charge in [0.15, 0.2) is 0 Å². The van der Waals surface area contributed by atoms with Crippen LogP contribution in [0.1, 0.15) is 22.4 Å². The van der Waals surface area contributed by atoms with E-state index >= 15 is 0 Å². The second-order valence-corrected chi connectivity index (χ2v) is 5.32. The number of hydrogen-bond donors (Lipinski definition) is 0. The third-order valence-corrected chi connectivity index (χ3v) is 4.20. The number of hydrogen-bond acceptors (Lipinski definition) is 2. The van der Waals surface area contributed by atoms with Crippen LogP contribution in [0, 0.1) is 27.7 Å². The second kappa shape index (κ2) is 4.71. The highest BCUT2D eigenvalue weighted by atomic mass is 14.7. The van der Waals surface area contributed by atoms with E-state index in [0.29, 0.717) is 0 Å². The zero-order valence-corrected chi connectivity index (χ0v) is 12.4. The Kier molecular flexibility index (Phi) is 3.01. The van der Waals surface area contributed by atoms with Gasteiger partial charge in [-0.05, 0) is 73.7 Å². The first-order valence-electron chi connectivity index (χ1n) is 6.87. The minimum Gasteiger partial charge on any atom is -0.265 e. The smallest absolute Gasteiger partial charge is 0.0711 e. The van der Waals surface area contributed by atoms with Crippen molar-refractivity contribution in [1.82, 2.24) is 9.97 Å². The lowest BCUT2D eigenvalue weighted by atomic mass is 9.93. The van der Waals surface area contributed by atoms with Crippen molar-refractivity contribution in [2.45, 2.75) is 27.7 Å². The lowest BCUT2D eigenvalue weighted by molar-refractivity contribution is 1.16. The first-order chi connectivity index (χ1) is 9.59. The molecule has 100 valence electrons. The van der Waals surface area contributed by atoms with Gasteiger partial charge < -0.3 is 0 Å². The van der Waals surface area contributed by atoms with E-state index in [1.54, 1.807) is 0 Å². The Labute approximate surface area is 119 Å². The molecule has 1 aromatic carbocycles. The number of pyridine rings is 2. The molecular weight excluding hydrogens is 244 g/mol. The van der Waals surface area contributed by atoms with Gasteiger partial charge in [0.25, 0.3) is 0 Å². The number of nitrogens with zero attached hydrogens (tertiary/aromatic N) is 2. The van der Waals surface area contributed by atoms with Gasteiger partial charge in [-0.25, -0.2) is 0 Å². The molecule has 2 heterocycles. The fourth-order valence-electron chi connectivity index (χ4n) is 2.83. The van der Waals surface area contributed by atoms with E-state index in [4.69, 9.17) is 4.98 Å². The van der Waals surface area contributed by atoms with E-state index in [1.807, 2.05) is 12.4 Å². The number of fused-ring (bicyclic) bond motifs is 1. The fourth-order valence-corrected chi connectivity index (χ4v) is 2.83. The SMILES string of the molecule is Cc1nc2ccc(-c3ccncc3)c(C)c2c(C)c1C. The predicted octanol–water partition coefficient (Wildman–Crippen LogP) is 4.53. The van der Waals surface area contributed by atoms with Crippen molar-refractivity contribution in [3.63, 3.8) is 0 Å². The summed E-state index contributed by atoms with van der Waals surface area (Å²) in [5, 5.41) is 1.28. The van der Waals surface area contributed by atoms with Gasteiger partial charge in [-0.15, -0.1) is 0 Å². The van der Waals surface area contributed by atoms with Crippen LogP contribution in [0.3, 0.4) is 0 Å². The summed E-state index contributed by atoms with van der Waals surface area (Å²) in [5.74, 6) is 0. The van der Waals surface area contributed by atoms with Crippen molar-refractivity contribution in [2.24, 2.45) is 0 Å². The molecule has 3 aromatic rings. The minimum absolute atomic E-state index is 1.08. The molecule has 0 saturated heterocycles. The van der Waals surface area contributed by atoms with E-state index in [2.05, 4.69) is 56.9 Å². The Hall–Kier alpha value is -2.22. The first kappa shape index (κ1) is 12.8. The van der Waals surface area contributed by atoms with E-state index < -0.39 is 0 Å². The highest BCUT2D eigenvalue weighted by molar-refractivity contribution is 5.92. The van der Waals surface area contributed by atoms with E-state index in [0.717, 1.165) is 11.2 Å². The average Bonchev–Trinajstić information content (AvgIpc) is 2.46. The van der Waals surface area contributed by atoms with Gasteiger partial charge >= 0.3 is 0 Å². The van der Waals surface area contributed by atoms with Gasteiger partial charge in [0.1, 0.15) is 0 Å². The Bertz CT molecular complexity index is 790. The molecule has 20 heavy (non-hydrogen) atoms. The quantitative estimate of drug-likeness (QED) is 0.644. The zero-order valence-electron chi connectivity index (χ0n) is 12.4. The van der Waals surface area contributed by atoms with Crippen LogP contribution in [0.5, 0.6) is 0 Å². The maximum Gasteiger partial charge on any atom is 0.0711 e. The normalized spacial score (nSPS) is 11.0. The van der Waals surface area contributed by atoms with Crippen molar-refractivity contribution in [3.8, 4) is 11.1 Å². The van der Waals surface area contributed by atoms with Crippen molar-refractivity contribution < 1.29 is 0 Å².